The Kier molecular flexibility index (Phi) is 3.25. The highest BCUT2D eigenvalue weighted by Gasteiger charge is 2.11. The van der Waals surface area contributed by atoms with E-state index in [4.69, 9.17) is 5.73 Å². The van der Waals surface area contributed by atoms with Gasteiger partial charge in [-0.15, -0.1) is 0 Å². The van der Waals surface area contributed by atoms with Crippen LogP contribution in [0.25, 0.3) is 0 Å². The molecular formula is C10H14FNO. The first-order valence-corrected chi connectivity index (χ1v) is 4.27. The van der Waals surface area contributed by atoms with Crippen molar-refractivity contribution in [1.29, 1.82) is 0 Å². The molecule has 0 aliphatic rings. The van der Waals surface area contributed by atoms with Gasteiger partial charge in [0.1, 0.15) is 5.75 Å². The molecule has 1 aromatic rings. The number of alkyl halides is 1. The van der Waals surface area contributed by atoms with Gasteiger partial charge in [-0.05, 0) is 18.9 Å². The topological polar surface area (TPSA) is 46.2 Å². The highest BCUT2D eigenvalue weighted by molar-refractivity contribution is 5.41. The van der Waals surface area contributed by atoms with Crippen LogP contribution < -0.4 is 5.73 Å². The molecule has 3 N–H and O–H groups in total. The summed E-state index contributed by atoms with van der Waals surface area (Å²) in [7, 11) is 0. The van der Waals surface area contributed by atoms with Crippen LogP contribution in [0.1, 0.15) is 23.6 Å². The quantitative estimate of drug-likeness (QED) is 0.753. The van der Waals surface area contributed by atoms with Gasteiger partial charge in [-0.1, -0.05) is 18.2 Å². The summed E-state index contributed by atoms with van der Waals surface area (Å²) in [5.41, 5.74) is 7.07. The molecule has 0 bridgehead atoms. The van der Waals surface area contributed by atoms with Crippen molar-refractivity contribution in [1.82, 2.24) is 0 Å². The maximum Gasteiger partial charge on any atom is 0.123 e. The summed E-state index contributed by atoms with van der Waals surface area (Å²) in [6.07, 6.45) is 0.247. The van der Waals surface area contributed by atoms with Gasteiger partial charge >= 0.3 is 0 Å². The minimum atomic E-state index is -0.464. The maximum absolute atomic E-state index is 12.0. The summed E-state index contributed by atoms with van der Waals surface area (Å²) in [4.78, 5) is 0. The van der Waals surface area contributed by atoms with E-state index in [2.05, 4.69) is 0 Å². The van der Waals surface area contributed by atoms with E-state index >= 15 is 0 Å². The first-order valence-electron chi connectivity index (χ1n) is 4.27. The van der Waals surface area contributed by atoms with Gasteiger partial charge in [0.15, 0.2) is 0 Å². The van der Waals surface area contributed by atoms with Gasteiger partial charge in [-0.2, -0.15) is 0 Å². The Balaban J connectivity index is 2.93. The lowest BCUT2D eigenvalue weighted by Crippen LogP contribution is -2.11. The van der Waals surface area contributed by atoms with Gasteiger partial charge in [0.05, 0.1) is 6.67 Å². The smallest absolute Gasteiger partial charge is 0.123 e. The third kappa shape index (κ3) is 2.18. The summed E-state index contributed by atoms with van der Waals surface area (Å²) >= 11 is 0. The van der Waals surface area contributed by atoms with E-state index in [1.165, 1.54) is 0 Å². The highest BCUT2D eigenvalue weighted by atomic mass is 19.1. The zero-order valence-corrected chi connectivity index (χ0v) is 7.63. The number of aromatic hydroxyl groups is 1. The number of phenols is 1. The fraction of sp³-hybridized carbons (Fsp3) is 0.400. The first kappa shape index (κ1) is 9.99. The number of halogens is 1. The fourth-order valence-electron chi connectivity index (χ4n) is 1.25. The minimum Gasteiger partial charge on any atom is -0.507 e. The minimum absolute atomic E-state index is 0.184. The van der Waals surface area contributed by atoms with Crippen molar-refractivity contribution in [3.05, 3.63) is 29.3 Å². The van der Waals surface area contributed by atoms with Crippen LogP contribution in [0.3, 0.4) is 0 Å². The number of benzene rings is 1. The van der Waals surface area contributed by atoms with Gasteiger partial charge < -0.3 is 10.8 Å². The Morgan fingerprint density at radius 2 is 2.23 bits per heavy atom. The van der Waals surface area contributed by atoms with E-state index in [0.29, 0.717) is 5.56 Å². The molecule has 0 saturated heterocycles. The maximum atomic E-state index is 12.0. The lowest BCUT2D eigenvalue weighted by atomic mass is 10.0. The first-order chi connectivity index (χ1) is 6.16. The molecule has 1 atom stereocenters. The molecule has 0 spiro atoms. The predicted octanol–water partition coefficient (Wildman–Crippen LogP) is 2.06. The van der Waals surface area contributed by atoms with E-state index in [1.54, 1.807) is 19.1 Å². The molecule has 0 unspecified atom stereocenters. The van der Waals surface area contributed by atoms with E-state index in [9.17, 15) is 9.50 Å². The van der Waals surface area contributed by atoms with Crippen molar-refractivity contribution in [2.24, 2.45) is 5.73 Å². The highest BCUT2D eigenvalue weighted by Crippen LogP contribution is 2.27. The number of nitrogens with two attached hydrogens (primary N) is 1. The van der Waals surface area contributed by atoms with Crippen molar-refractivity contribution in [3.63, 3.8) is 0 Å². The zero-order valence-electron chi connectivity index (χ0n) is 7.63. The lowest BCUT2D eigenvalue weighted by Gasteiger charge is -2.12. The van der Waals surface area contributed by atoms with Crippen LogP contribution in [0.4, 0.5) is 4.39 Å². The molecule has 2 nitrogen and oxygen atoms in total. The zero-order chi connectivity index (χ0) is 9.84. The van der Waals surface area contributed by atoms with Crippen LogP contribution in [0, 0.1) is 6.92 Å². The van der Waals surface area contributed by atoms with E-state index < -0.39 is 12.7 Å². The van der Waals surface area contributed by atoms with E-state index in [0.717, 1.165) is 5.56 Å². The predicted molar refractivity (Wildman–Crippen MR) is 50.4 cm³/mol. The Morgan fingerprint density at radius 3 is 2.85 bits per heavy atom. The molecule has 0 aliphatic heterocycles. The molecule has 0 aromatic heterocycles. The second-order valence-electron chi connectivity index (χ2n) is 3.10. The van der Waals surface area contributed by atoms with Crippen molar-refractivity contribution in [2.45, 2.75) is 19.4 Å². The Hall–Kier alpha value is -1.09. The van der Waals surface area contributed by atoms with Gasteiger partial charge in [-0.3, -0.25) is 4.39 Å². The third-order valence-corrected chi connectivity index (χ3v) is 2.09. The Labute approximate surface area is 77.2 Å². The number of hydrogen-bond donors (Lipinski definition) is 2. The molecule has 3 heteroatoms. The molecular weight excluding hydrogens is 169 g/mol. The number of rotatable bonds is 3. The number of phenolic OH excluding ortho intramolecular Hbond substituents is 1. The summed E-state index contributed by atoms with van der Waals surface area (Å²) in [6, 6.07) is 4.91. The molecule has 13 heavy (non-hydrogen) atoms. The monoisotopic (exact) mass is 183 g/mol. The van der Waals surface area contributed by atoms with Crippen LogP contribution in [0.15, 0.2) is 18.2 Å². The molecule has 0 amide bonds. The number of aryl methyl sites for hydroxylation is 1. The SMILES string of the molecule is Cc1cccc([C@H](N)CCF)c1O. The van der Waals surface area contributed by atoms with Crippen molar-refractivity contribution in [2.75, 3.05) is 6.67 Å². The molecule has 0 fully saturated rings. The van der Waals surface area contributed by atoms with Gasteiger partial charge in [0.2, 0.25) is 0 Å². The molecule has 0 radical (unpaired) electrons. The van der Waals surface area contributed by atoms with E-state index in [-0.39, 0.29) is 12.2 Å². The number of para-hydroxylation sites is 1. The number of hydrogen-bond acceptors (Lipinski definition) is 2. The van der Waals surface area contributed by atoms with Crippen LogP contribution in [-0.2, 0) is 0 Å². The largest absolute Gasteiger partial charge is 0.507 e. The van der Waals surface area contributed by atoms with E-state index in [1.807, 2.05) is 6.07 Å². The average molecular weight is 183 g/mol. The third-order valence-electron chi connectivity index (χ3n) is 2.09. The molecule has 0 saturated carbocycles. The summed E-state index contributed by atoms with van der Waals surface area (Å²) in [5.74, 6) is 0.184. The van der Waals surface area contributed by atoms with Crippen LogP contribution in [0.5, 0.6) is 5.75 Å². The Bertz CT molecular complexity index is 288. The molecule has 1 rings (SSSR count). The normalized spacial score (nSPS) is 12.8. The van der Waals surface area contributed by atoms with Gasteiger partial charge in [0, 0.05) is 11.6 Å². The average Bonchev–Trinajstić information content (AvgIpc) is 2.10. The molecule has 0 heterocycles. The van der Waals surface area contributed by atoms with Crippen molar-refractivity contribution in [3.8, 4) is 5.75 Å². The van der Waals surface area contributed by atoms with Gasteiger partial charge in [0.25, 0.3) is 0 Å². The van der Waals surface area contributed by atoms with Crippen LogP contribution in [0.2, 0.25) is 0 Å². The van der Waals surface area contributed by atoms with Crippen molar-refractivity contribution < 1.29 is 9.50 Å². The molecule has 0 aliphatic carbocycles. The van der Waals surface area contributed by atoms with Crippen LogP contribution in [-0.4, -0.2) is 11.8 Å². The Morgan fingerprint density at radius 1 is 1.54 bits per heavy atom. The van der Waals surface area contributed by atoms with Gasteiger partial charge in [-0.25, -0.2) is 0 Å². The van der Waals surface area contributed by atoms with Crippen molar-refractivity contribution >= 4 is 0 Å². The summed E-state index contributed by atoms with van der Waals surface area (Å²) in [6.45, 7) is 1.33. The molecule has 72 valence electrons. The standard InChI is InChI=1S/C10H14FNO/c1-7-3-2-4-8(10(7)13)9(12)5-6-11/h2-4,9,13H,5-6,12H2,1H3/t9-/m1/s1. The molecule has 1 aromatic carbocycles. The summed E-state index contributed by atoms with van der Waals surface area (Å²) in [5, 5.41) is 9.59. The second kappa shape index (κ2) is 4.23. The summed E-state index contributed by atoms with van der Waals surface area (Å²) < 4.78 is 12.0. The lowest BCUT2D eigenvalue weighted by molar-refractivity contribution is 0.423. The fourth-order valence-corrected chi connectivity index (χ4v) is 1.25. The van der Waals surface area contributed by atoms with Crippen LogP contribution >= 0.6 is 0 Å². The second-order valence-corrected chi connectivity index (χ2v) is 3.10.